The third-order valence-electron chi connectivity index (χ3n) is 5.16. The van der Waals surface area contributed by atoms with Gasteiger partial charge in [0.2, 0.25) is 0 Å². The lowest BCUT2D eigenvalue weighted by Crippen LogP contribution is -2.02. The van der Waals surface area contributed by atoms with Crippen molar-refractivity contribution in [1.82, 2.24) is 0 Å². The normalized spacial score (nSPS) is 11.3. The molecular formula is C26H25N3O3. The van der Waals surface area contributed by atoms with E-state index in [1.54, 1.807) is 12.1 Å². The van der Waals surface area contributed by atoms with Gasteiger partial charge in [-0.1, -0.05) is 43.7 Å². The number of benzene rings is 3. The molecule has 0 atom stereocenters. The number of nitrogen functional groups attached to an aromatic ring is 1. The Bertz CT molecular complexity index is 1330. The maximum absolute atomic E-state index is 12.5. The minimum Gasteiger partial charge on any atom is -0.493 e. The first-order valence-electron chi connectivity index (χ1n) is 10.6. The van der Waals surface area contributed by atoms with E-state index < -0.39 is 5.63 Å². The molecule has 0 saturated carbocycles. The number of hydrogen-bond donors (Lipinski definition) is 1. The molecule has 0 radical (unpaired) electrons. The van der Waals surface area contributed by atoms with E-state index in [2.05, 4.69) is 17.2 Å². The third-order valence-corrected chi connectivity index (χ3v) is 5.16. The fourth-order valence-electron chi connectivity index (χ4n) is 3.35. The second-order valence-electron chi connectivity index (χ2n) is 7.61. The van der Waals surface area contributed by atoms with E-state index in [4.69, 9.17) is 14.9 Å². The Kier molecular flexibility index (Phi) is 6.31. The Morgan fingerprint density at radius 3 is 2.59 bits per heavy atom. The summed E-state index contributed by atoms with van der Waals surface area (Å²) in [7, 11) is 0. The fraction of sp³-hybridized carbons (Fsp3) is 0.192. The van der Waals surface area contributed by atoms with Gasteiger partial charge in [-0.3, -0.25) is 0 Å². The van der Waals surface area contributed by atoms with E-state index in [0.29, 0.717) is 34.8 Å². The van der Waals surface area contributed by atoms with Gasteiger partial charge in [-0.25, -0.2) is 4.79 Å². The van der Waals surface area contributed by atoms with E-state index in [-0.39, 0.29) is 0 Å². The number of nitrogens with two attached hydrogens (primary N) is 1. The van der Waals surface area contributed by atoms with E-state index in [1.807, 2.05) is 61.5 Å². The van der Waals surface area contributed by atoms with Crippen LogP contribution in [0.1, 0.15) is 25.3 Å². The number of nitrogens with zero attached hydrogens (tertiary/aromatic N) is 2. The van der Waals surface area contributed by atoms with Crippen LogP contribution in [-0.2, 0) is 0 Å². The molecule has 4 rings (SSSR count). The van der Waals surface area contributed by atoms with Crippen molar-refractivity contribution in [2.24, 2.45) is 10.2 Å². The number of unbranched alkanes of at least 4 members (excludes halogenated alkanes) is 1. The number of rotatable bonds is 7. The predicted octanol–water partition coefficient (Wildman–Crippen LogP) is 6.94. The quantitative estimate of drug-likeness (QED) is 0.150. The van der Waals surface area contributed by atoms with Crippen molar-refractivity contribution < 1.29 is 9.15 Å². The van der Waals surface area contributed by atoms with Crippen molar-refractivity contribution in [1.29, 1.82) is 0 Å². The Morgan fingerprint density at radius 2 is 1.81 bits per heavy atom. The molecule has 4 aromatic rings. The molecule has 0 aliphatic carbocycles. The van der Waals surface area contributed by atoms with Gasteiger partial charge in [0.25, 0.3) is 0 Å². The minimum atomic E-state index is -0.392. The molecule has 0 fully saturated rings. The van der Waals surface area contributed by atoms with Crippen LogP contribution in [-0.4, -0.2) is 6.61 Å². The molecule has 0 bridgehead atoms. The summed E-state index contributed by atoms with van der Waals surface area (Å²) in [6.45, 7) is 4.73. The second kappa shape index (κ2) is 9.47. The van der Waals surface area contributed by atoms with Crippen molar-refractivity contribution in [2.75, 3.05) is 12.3 Å². The van der Waals surface area contributed by atoms with Crippen molar-refractivity contribution in [3.05, 3.63) is 82.7 Å². The molecule has 1 aromatic heterocycles. The van der Waals surface area contributed by atoms with Crippen LogP contribution in [0, 0.1) is 6.92 Å². The first-order chi connectivity index (χ1) is 15.5. The van der Waals surface area contributed by atoms with Crippen LogP contribution < -0.4 is 16.1 Å². The lowest BCUT2D eigenvalue weighted by atomic mass is 10.1. The summed E-state index contributed by atoms with van der Waals surface area (Å²) in [4.78, 5) is 12.5. The summed E-state index contributed by atoms with van der Waals surface area (Å²) in [6.07, 6.45) is 2.06. The van der Waals surface area contributed by atoms with Gasteiger partial charge in [0, 0.05) is 17.5 Å². The largest absolute Gasteiger partial charge is 0.493 e. The Balaban J connectivity index is 1.59. The molecule has 6 nitrogen and oxygen atoms in total. The van der Waals surface area contributed by atoms with Gasteiger partial charge in [-0.15, -0.1) is 5.11 Å². The zero-order valence-corrected chi connectivity index (χ0v) is 18.2. The third kappa shape index (κ3) is 4.70. The summed E-state index contributed by atoms with van der Waals surface area (Å²) in [5.74, 6) is 0.761. The molecule has 0 aliphatic heterocycles. The topological polar surface area (TPSA) is 90.2 Å². The maximum Gasteiger partial charge on any atom is 0.344 e. The average molecular weight is 428 g/mol. The molecule has 32 heavy (non-hydrogen) atoms. The van der Waals surface area contributed by atoms with Crippen molar-refractivity contribution >= 4 is 28.0 Å². The van der Waals surface area contributed by atoms with Crippen LogP contribution >= 0.6 is 0 Å². The fourth-order valence-corrected chi connectivity index (χ4v) is 3.35. The standard InChI is InChI=1S/C26H25N3O3/c1-3-4-12-31-24-16-22(27)23(13-17(24)2)29-28-20-11-10-19-14-21(18-8-6-5-7-9-18)26(30)32-25(19)15-20/h5-11,13-16H,3-4,12,27H2,1-2H3. The van der Waals surface area contributed by atoms with Crippen molar-refractivity contribution in [3.8, 4) is 16.9 Å². The van der Waals surface area contributed by atoms with Gasteiger partial charge in [0.05, 0.1) is 23.5 Å². The number of aryl methyl sites for hydroxylation is 1. The highest BCUT2D eigenvalue weighted by Crippen LogP contribution is 2.32. The average Bonchev–Trinajstić information content (AvgIpc) is 2.80. The SMILES string of the molecule is CCCCOc1cc(N)c(N=Nc2ccc3cc(-c4ccccc4)c(=O)oc3c2)cc1C. The summed E-state index contributed by atoms with van der Waals surface area (Å²) in [6, 6.07) is 20.3. The molecular weight excluding hydrogens is 402 g/mol. The van der Waals surface area contributed by atoms with Crippen LogP contribution in [0.15, 0.2) is 86.2 Å². The van der Waals surface area contributed by atoms with E-state index in [0.717, 1.165) is 35.1 Å². The number of fused-ring (bicyclic) bond motifs is 1. The monoisotopic (exact) mass is 427 g/mol. The molecule has 0 aliphatic rings. The first-order valence-corrected chi connectivity index (χ1v) is 10.6. The number of ether oxygens (including phenoxy) is 1. The number of hydrogen-bond acceptors (Lipinski definition) is 6. The molecule has 2 N–H and O–H groups in total. The molecule has 0 spiro atoms. The van der Waals surface area contributed by atoms with Crippen LogP contribution in [0.3, 0.4) is 0 Å². The lowest BCUT2D eigenvalue weighted by molar-refractivity contribution is 0.307. The lowest BCUT2D eigenvalue weighted by Gasteiger charge is -2.10. The van der Waals surface area contributed by atoms with E-state index >= 15 is 0 Å². The molecule has 162 valence electrons. The summed E-state index contributed by atoms with van der Waals surface area (Å²) in [5, 5.41) is 9.39. The van der Waals surface area contributed by atoms with Gasteiger partial charge in [-0.05, 0) is 48.7 Å². The second-order valence-corrected chi connectivity index (χ2v) is 7.61. The molecule has 3 aromatic carbocycles. The van der Waals surface area contributed by atoms with Gasteiger partial charge < -0.3 is 14.9 Å². The first kappa shape index (κ1) is 21.3. The Hall–Kier alpha value is -3.93. The van der Waals surface area contributed by atoms with Crippen LogP contribution in [0.25, 0.3) is 22.1 Å². The summed E-state index contributed by atoms with van der Waals surface area (Å²) >= 11 is 0. The minimum absolute atomic E-state index is 0.392. The van der Waals surface area contributed by atoms with Gasteiger partial charge >= 0.3 is 5.63 Å². The summed E-state index contributed by atoms with van der Waals surface area (Å²) < 4.78 is 11.3. The Morgan fingerprint density at radius 1 is 1.00 bits per heavy atom. The van der Waals surface area contributed by atoms with E-state index in [1.165, 1.54) is 0 Å². The molecule has 0 amide bonds. The molecule has 0 unspecified atom stereocenters. The van der Waals surface area contributed by atoms with Gasteiger partial charge in [-0.2, -0.15) is 5.11 Å². The highest BCUT2D eigenvalue weighted by molar-refractivity contribution is 5.83. The molecule has 1 heterocycles. The highest BCUT2D eigenvalue weighted by atomic mass is 16.5. The number of anilines is 1. The van der Waals surface area contributed by atoms with Crippen LogP contribution in [0.2, 0.25) is 0 Å². The van der Waals surface area contributed by atoms with Crippen LogP contribution in [0.4, 0.5) is 17.1 Å². The Labute approximate surface area is 186 Å². The van der Waals surface area contributed by atoms with Crippen molar-refractivity contribution in [2.45, 2.75) is 26.7 Å². The maximum atomic E-state index is 12.5. The van der Waals surface area contributed by atoms with Crippen molar-refractivity contribution in [3.63, 3.8) is 0 Å². The van der Waals surface area contributed by atoms with Gasteiger partial charge in [0.15, 0.2) is 0 Å². The summed E-state index contributed by atoms with van der Waals surface area (Å²) in [5.41, 5.74) is 10.1. The highest BCUT2D eigenvalue weighted by Gasteiger charge is 2.09. The number of azo groups is 1. The van der Waals surface area contributed by atoms with E-state index in [9.17, 15) is 4.79 Å². The zero-order chi connectivity index (χ0) is 22.5. The van der Waals surface area contributed by atoms with Crippen LogP contribution in [0.5, 0.6) is 5.75 Å². The molecule has 6 heteroatoms. The zero-order valence-electron chi connectivity index (χ0n) is 18.2. The smallest absolute Gasteiger partial charge is 0.344 e. The predicted molar refractivity (Wildman–Crippen MR) is 128 cm³/mol. The molecule has 0 saturated heterocycles. The van der Waals surface area contributed by atoms with Gasteiger partial charge in [0.1, 0.15) is 17.0 Å².